The SMILES string of the molecule is O=C(O)CC[C@H](NC(=O)[C@H](CC(=O)O)NC(=O)CCCC[C@@H]1SC[C@@H]2NC(=O)N[C@@H]21)C(=O)O. The highest BCUT2D eigenvalue weighted by molar-refractivity contribution is 8.00. The number of thioether (sulfide) groups is 1. The van der Waals surface area contributed by atoms with Crippen molar-refractivity contribution in [1.29, 1.82) is 0 Å². The third-order valence-corrected chi connectivity index (χ3v) is 6.88. The molecule has 7 N–H and O–H groups in total. The van der Waals surface area contributed by atoms with Gasteiger partial charge in [-0.2, -0.15) is 11.8 Å². The number of hydrogen-bond acceptors (Lipinski definition) is 7. The Hall–Kier alpha value is -3.03. The summed E-state index contributed by atoms with van der Waals surface area (Å²) in [7, 11) is 0. The first-order chi connectivity index (χ1) is 15.6. The predicted molar refractivity (Wildman–Crippen MR) is 115 cm³/mol. The molecule has 184 valence electrons. The van der Waals surface area contributed by atoms with Gasteiger partial charge in [-0.25, -0.2) is 9.59 Å². The molecule has 2 aliphatic heterocycles. The fourth-order valence-corrected chi connectivity index (χ4v) is 5.27. The van der Waals surface area contributed by atoms with Crippen LogP contribution in [0.1, 0.15) is 44.9 Å². The Morgan fingerprint density at radius 3 is 2.33 bits per heavy atom. The number of urea groups is 1. The number of aliphatic carboxylic acids is 3. The van der Waals surface area contributed by atoms with Crippen LogP contribution in [-0.4, -0.2) is 86.2 Å². The number of fused-ring (bicyclic) bond motifs is 1. The standard InChI is InChI=1S/C19H28N4O9S/c24-13(4-2-1-3-12-16-11(8-33-12)22-19(32)23-16)20-10(7-15(27)28)17(29)21-9(18(30)31)5-6-14(25)26/h9-12,16H,1-8H2,(H,20,24)(H,21,29)(H,25,26)(H,27,28)(H,30,31)(H2,22,23,32)/t9-,10-,11-,12-,16-/m0/s1. The normalized spacial score (nSPS) is 22.9. The van der Waals surface area contributed by atoms with E-state index >= 15 is 0 Å². The van der Waals surface area contributed by atoms with Crippen molar-refractivity contribution in [3.8, 4) is 0 Å². The first-order valence-electron chi connectivity index (χ1n) is 10.5. The first kappa shape index (κ1) is 26.2. The quantitative estimate of drug-likeness (QED) is 0.118. The van der Waals surface area contributed by atoms with Crippen LogP contribution in [0.4, 0.5) is 4.79 Å². The lowest BCUT2D eigenvalue weighted by Gasteiger charge is -2.20. The molecule has 0 aromatic rings. The minimum Gasteiger partial charge on any atom is -0.481 e. The van der Waals surface area contributed by atoms with Crippen LogP contribution in [0.3, 0.4) is 0 Å². The van der Waals surface area contributed by atoms with Crippen molar-refractivity contribution in [2.45, 2.75) is 74.4 Å². The van der Waals surface area contributed by atoms with Crippen molar-refractivity contribution < 1.29 is 44.1 Å². The average molecular weight is 489 g/mol. The smallest absolute Gasteiger partial charge is 0.326 e. The summed E-state index contributed by atoms with van der Waals surface area (Å²) in [6.07, 6.45) is 0.354. The van der Waals surface area contributed by atoms with Gasteiger partial charge in [-0.05, 0) is 19.3 Å². The molecule has 0 spiro atoms. The molecule has 0 aromatic heterocycles. The highest BCUT2D eigenvalue weighted by Gasteiger charge is 2.42. The lowest BCUT2D eigenvalue weighted by atomic mass is 10.0. The van der Waals surface area contributed by atoms with Gasteiger partial charge in [0, 0.05) is 23.8 Å². The summed E-state index contributed by atoms with van der Waals surface area (Å²) in [5.74, 6) is -4.82. The summed E-state index contributed by atoms with van der Waals surface area (Å²) in [6, 6.07) is -3.03. The van der Waals surface area contributed by atoms with Gasteiger partial charge in [0.25, 0.3) is 0 Å². The lowest BCUT2D eigenvalue weighted by Crippen LogP contribution is -2.52. The zero-order valence-electron chi connectivity index (χ0n) is 17.7. The molecule has 14 heteroatoms. The van der Waals surface area contributed by atoms with Crippen molar-refractivity contribution >= 4 is 47.5 Å². The summed E-state index contributed by atoms with van der Waals surface area (Å²) in [6.45, 7) is 0. The van der Waals surface area contributed by atoms with E-state index in [1.54, 1.807) is 11.8 Å². The number of nitrogens with one attached hydrogen (secondary N) is 4. The van der Waals surface area contributed by atoms with E-state index in [0.717, 1.165) is 12.2 Å². The minimum atomic E-state index is -1.53. The third kappa shape index (κ3) is 8.44. The molecule has 33 heavy (non-hydrogen) atoms. The first-order valence-corrected chi connectivity index (χ1v) is 11.6. The zero-order valence-corrected chi connectivity index (χ0v) is 18.6. The molecule has 2 fully saturated rings. The fourth-order valence-electron chi connectivity index (χ4n) is 3.72. The van der Waals surface area contributed by atoms with Crippen LogP contribution in [0, 0.1) is 0 Å². The van der Waals surface area contributed by atoms with Gasteiger partial charge >= 0.3 is 23.9 Å². The lowest BCUT2D eigenvalue weighted by molar-refractivity contribution is -0.144. The van der Waals surface area contributed by atoms with Gasteiger partial charge in [0.05, 0.1) is 18.5 Å². The number of unbranched alkanes of at least 4 members (excludes halogenated alkanes) is 1. The topological polar surface area (TPSA) is 211 Å². The van der Waals surface area contributed by atoms with Gasteiger partial charge in [0.15, 0.2) is 0 Å². The largest absolute Gasteiger partial charge is 0.481 e. The van der Waals surface area contributed by atoms with Gasteiger partial charge in [-0.15, -0.1) is 0 Å². The molecule has 4 amide bonds. The molecule has 2 aliphatic rings. The van der Waals surface area contributed by atoms with Crippen molar-refractivity contribution in [1.82, 2.24) is 21.3 Å². The van der Waals surface area contributed by atoms with Gasteiger partial charge < -0.3 is 36.6 Å². The molecule has 0 unspecified atom stereocenters. The van der Waals surface area contributed by atoms with Gasteiger partial charge in [0.1, 0.15) is 12.1 Å². The Morgan fingerprint density at radius 1 is 0.970 bits per heavy atom. The number of carbonyl (C=O) groups excluding carboxylic acids is 3. The summed E-state index contributed by atoms with van der Waals surface area (Å²) < 4.78 is 0. The molecule has 0 aromatic carbocycles. The maximum atomic E-state index is 12.4. The fraction of sp³-hybridized carbons (Fsp3) is 0.684. The van der Waals surface area contributed by atoms with Gasteiger partial charge in [-0.1, -0.05) is 6.42 Å². The van der Waals surface area contributed by atoms with E-state index < -0.39 is 54.6 Å². The molecule has 0 bridgehead atoms. The highest BCUT2D eigenvalue weighted by atomic mass is 32.2. The van der Waals surface area contributed by atoms with Crippen molar-refractivity contribution in [2.75, 3.05) is 5.75 Å². The Bertz CT molecular complexity index is 793. The summed E-state index contributed by atoms with van der Waals surface area (Å²) in [5.41, 5.74) is 0. The number of amides is 4. The second-order valence-corrected chi connectivity index (χ2v) is 9.19. The molecule has 2 rings (SSSR count). The zero-order chi connectivity index (χ0) is 24.5. The van der Waals surface area contributed by atoms with E-state index in [4.69, 9.17) is 15.3 Å². The number of carboxylic acids is 3. The van der Waals surface area contributed by atoms with Crippen LogP contribution in [0.2, 0.25) is 0 Å². The molecule has 0 saturated carbocycles. The molecular formula is C19H28N4O9S. The van der Waals surface area contributed by atoms with Crippen molar-refractivity contribution in [3.05, 3.63) is 0 Å². The molecule has 2 heterocycles. The van der Waals surface area contributed by atoms with Crippen LogP contribution in [0.5, 0.6) is 0 Å². The average Bonchev–Trinajstić information content (AvgIpc) is 3.26. The van der Waals surface area contributed by atoms with E-state index in [1.807, 2.05) is 0 Å². The van der Waals surface area contributed by atoms with Crippen molar-refractivity contribution in [2.24, 2.45) is 0 Å². The maximum absolute atomic E-state index is 12.4. The van der Waals surface area contributed by atoms with E-state index in [1.165, 1.54) is 0 Å². The molecule has 5 atom stereocenters. The monoisotopic (exact) mass is 488 g/mol. The van der Waals surface area contributed by atoms with Gasteiger partial charge in [-0.3, -0.25) is 19.2 Å². The number of rotatable bonds is 14. The third-order valence-electron chi connectivity index (χ3n) is 5.37. The summed E-state index contributed by atoms with van der Waals surface area (Å²) in [4.78, 5) is 69.0. The van der Waals surface area contributed by atoms with Crippen LogP contribution < -0.4 is 21.3 Å². The van der Waals surface area contributed by atoms with E-state index in [0.29, 0.717) is 12.8 Å². The number of carboxylic acid groups (broad SMARTS) is 3. The van der Waals surface area contributed by atoms with Gasteiger partial charge in [0.2, 0.25) is 11.8 Å². The molecule has 2 saturated heterocycles. The number of hydrogen-bond donors (Lipinski definition) is 7. The molecule has 13 nitrogen and oxygen atoms in total. The van der Waals surface area contributed by atoms with E-state index in [-0.39, 0.29) is 36.2 Å². The summed E-state index contributed by atoms with van der Waals surface area (Å²) in [5, 5.41) is 37.2. The number of carbonyl (C=O) groups is 6. The predicted octanol–water partition coefficient (Wildman–Crippen LogP) is -0.894. The van der Waals surface area contributed by atoms with Crippen molar-refractivity contribution in [3.63, 3.8) is 0 Å². The van der Waals surface area contributed by atoms with Crippen LogP contribution >= 0.6 is 11.8 Å². The van der Waals surface area contributed by atoms with E-state index in [9.17, 15) is 28.8 Å². The van der Waals surface area contributed by atoms with Crippen LogP contribution in [0.25, 0.3) is 0 Å². The molecule has 0 radical (unpaired) electrons. The maximum Gasteiger partial charge on any atom is 0.326 e. The van der Waals surface area contributed by atoms with Crippen LogP contribution in [0.15, 0.2) is 0 Å². The molecular weight excluding hydrogens is 460 g/mol. The molecule has 0 aliphatic carbocycles. The minimum absolute atomic E-state index is 0.0425. The Kier molecular flexibility index (Phi) is 9.75. The second-order valence-electron chi connectivity index (χ2n) is 7.92. The Morgan fingerprint density at radius 2 is 1.70 bits per heavy atom. The second kappa shape index (κ2) is 12.3. The Labute approximate surface area is 193 Å². The summed E-state index contributed by atoms with van der Waals surface area (Å²) >= 11 is 1.75. The highest BCUT2D eigenvalue weighted by Crippen LogP contribution is 2.33. The van der Waals surface area contributed by atoms with E-state index in [2.05, 4.69) is 21.3 Å². The Balaban J connectivity index is 1.79. The van der Waals surface area contributed by atoms with Crippen LogP contribution in [-0.2, 0) is 24.0 Å².